The first kappa shape index (κ1) is 22.8. The number of carboxylic acid groups (broad SMARTS) is 1. The van der Waals surface area contributed by atoms with Crippen molar-refractivity contribution in [2.24, 2.45) is 5.41 Å². The van der Waals surface area contributed by atoms with Crippen molar-refractivity contribution in [1.82, 2.24) is 10.6 Å². The highest BCUT2D eigenvalue weighted by Gasteiger charge is 2.50. The first-order chi connectivity index (χ1) is 15.9. The summed E-state index contributed by atoms with van der Waals surface area (Å²) in [6, 6.07) is 15.0. The summed E-state index contributed by atoms with van der Waals surface area (Å²) >= 11 is 0. The molecule has 0 aliphatic heterocycles. The number of amides is 2. The molecule has 2 aromatic carbocycles. The number of aliphatic carboxylic acids is 1. The lowest BCUT2D eigenvalue weighted by Gasteiger charge is -2.24. The SMILES string of the molecule is CO[C@H](C)[C@H](NC(=O)OCC1c2ccccc2-c2ccccc21)C(=O)NCC1(C(=O)O)CC1. The summed E-state index contributed by atoms with van der Waals surface area (Å²) in [5.74, 6) is -1.53. The minimum absolute atomic E-state index is 0.0144. The van der Waals surface area contributed by atoms with Crippen molar-refractivity contribution in [3.8, 4) is 11.1 Å². The molecule has 0 radical (unpaired) electrons. The van der Waals surface area contributed by atoms with E-state index in [9.17, 15) is 19.5 Å². The second kappa shape index (κ2) is 9.23. The van der Waals surface area contributed by atoms with E-state index >= 15 is 0 Å². The van der Waals surface area contributed by atoms with Gasteiger partial charge in [0.1, 0.15) is 12.6 Å². The molecule has 3 N–H and O–H groups in total. The molecular weight excluding hydrogens is 424 g/mol. The first-order valence-electron chi connectivity index (χ1n) is 11.0. The van der Waals surface area contributed by atoms with Gasteiger partial charge in [-0.25, -0.2) is 4.79 Å². The van der Waals surface area contributed by atoms with Crippen molar-refractivity contribution >= 4 is 18.0 Å². The van der Waals surface area contributed by atoms with E-state index in [4.69, 9.17) is 9.47 Å². The number of carboxylic acids is 1. The van der Waals surface area contributed by atoms with Gasteiger partial charge in [0, 0.05) is 19.6 Å². The van der Waals surface area contributed by atoms with Crippen molar-refractivity contribution in [3.05, 3.63) is 59.7 Å². The number of hydrogen-bond acceptors (Lipinski definition) is 5. The monoisotopic (exact) mass is 452 g/mol. The van der Waals surface area contributed by atoms with E-state index in [1.54, 1.807) is 6.92 Å². The predicted octanol–water partition coefficient (Wildman–Crippen LogP) is 2.91. The zero-order valence-corrected chi connectivity index (χ0v) is 18.7. The lowest BCUT2D eigenvalue weighted by molar-refractivity contribution is -0.143. The van der Waals surface area contributed by atoms with Gasteiger partial charge in [-0.05, 0) is 42.0 Å². The smallest absolute Gasteiger partial charge is 0.407 e. The summed E-state index contributed by atoms with van der Waals surface area (Å²) in [6.07, 6.45) is -0.328. The Morgan fingerprint density at radius 3 is 2.15 bits per heavy atom. The first-order valence-corrected chi connectivity index (χ1v) is 11.0. The molecule has 2 aromatic rings. The Kier molecular flexibility index (Phi) is 6.37. The number of fused-ring (bicyclic) bond motifs is 3. The van der Waals surface area contributed by atoms with Crippen molar-refractivity contribution in [2.45, 2.75) is 37.8 Å². The second-order valence-electron chi connectivity index (χ2n) is 8.69. The summed E-state index contributed by atoms with van der Waals surface area (Å²) < 4.78 is 10.8. The number of benzene rings is 2. The number of alkyl carbamates (subject to hydrolysis) is 1. The van der Waals surface area contributed by atoms with E-state index in [2.05, 4.69) is 22.8 Å². The largest absolute Gasteiger partial charge is 0.481 e. The fraction of sp³-hybridized carbons (Fsp3) is 0.400. The minimum Gasteiger partial charge on any atom is -0.481 e. The van der Waals surface area contributed by atoms with Gasteiger partial charge in [0.15, 0.2) is 0 Å². The normalized spacial score (nSPS) is 17.3. The third-order valence-corrected chi connectivity index (χ3v) is 6.65. The molecule has 0 spiro atoms. The van der Waals surface area contributed by atoms with Crippen LogP contribution in [0.2, 0.25) is 0 Å². The summed E-state index contributed by atoms with van der Waals surface area (Å²) in [4.78, 5) is 36.7. The van der Waals surface area contributed by atoms with E-state index < -0.39 is 35.5 Å². The number of nitrogens with one attached hydrogen (secondary N) is 2. The maximum absolute atomic E-state index is 12.7. The highest BCUT2D eigenvalue weighted by Crippen LogP contribution is 2.45. The van der Waals surface area contributed by atoms with Gasteiger partial charge in [0.25, 0.3) is 0 Å². The van der Waals surface area contributed by atoms with Crippen LogP contribution in [0.3, 0.4) is 0 Å². The molecule has 2 amide bonds. The topological polar surface area (TPSA) is 114 Å². The van der Waals surface area contributed by atoms with Gasteiger partial charge >= 0.3 is 12.1 Å². The highest BCUT2D eigenvalue weighted by molar-refractivity contribution is 5.87. The molecular formula is C25H28N2O6. The molecule has 174 valence electrons. The molecule has 0 heterocycles. The van der Waals surface area contributed by atoms with Gasteiger partial charge in [-0.1, -0.05) is 48.5 Å². The average molecular weight is 453 g/mol. The van der Waals surface area contributed by atoms with Gasteiger partial charge < -0.3 is 25.2 Å². The lowest BCUT2D eigenvalue weighted by Crippen LogP contribution is -2.54. The zero-order valence-electron chi connectivity index (χ0n) is 18.7. The molecule has 8 nitrogen and oxygen atoms in total. The fourth-order valence-electron chi connectivity index (χ4n) is 4.28. The maximum atomic E-state index is 12.7. The number of carbonyl (C=O) groups excluding carboxylic acids is 2. The third-order valence-electron chi connectivity index (χ3n) is 6.65. The molecule has 8 heteroatoms. The van der Waals surface area contributed by atoms with E-state index in [-0.39, 0.29) is 19.1 Å². The molecule has 2 aliphatic carbocycles. The molecule has 33 heavy (non-hydrogen) atoms. The molecule has 0 bridgehead atoms. The zero-order chi connectivity index (χ0) is 23.6. The van der Waals surface area contributed by atoms with Gasteiger partial charge in [-0.2, -0.15) is 0 Å². The number of methoxy groups -OCH3 is 1. The molecule has 2 aliphatic rings. The van der Waals surface area contributed by atoms with Crippen LogP contribution in [0.25, 0.3) is 11.1 Å². The molecule has 0 aromatic heterocycles. The Bertz CT molecular complexity index is 1020. The van der Waals surface area contributed by atoms with Crippen molar-refractivity contribution in [3.63, 3.8) is 0 Å². The predicted molar refractivity (Wildman–Crippen MR) is 121 cm³/mol. The molecule has 0 saturated heterocycles. The van der Waals surface area contributed by atoms with Crippen LogP contribution >= 0.6 is 0 Å². The molecule has 4 rings (SSSR count). The number of rotatable bonds is 9. The second-order valence-corrected chi connectivity index (χ2v) is 8.69. The van der Waals surface area contributed by atoms with E-state index in [1.165, 1.54) is 7.11 Å². The van der Waals surface area contributed by atoms with Crippen molar-refractivity contribution in [2.75, 3.05) is 20.3 Å². The summed E-state index contributed by atoms with van der Waals surface area (Å²) in [5, 5.41) is 14.5. The van der Waals surface area contributed by atoms with Gasteiger partial charge in [0.2, 0.25) is 5.91 Å². The summed E-state index contributed by atoms with van der Waals surface area (Å²) in [7, 11) is 1.43. The van der Waals surface area contributed by atoms with Crippen LogP contribution in [0.5, 0.6) is 0 Å². The van der Waals surface area contributed by atoms with Crippen LogP contribution in [0, 0.1) is 5.41 Å². The molecule has 2 atom stereocenters. The van der Waals surface area contributed by atoms with E-state index in [1.807, 2.05) is 36.4 Å². The number of carbonyl (C=O) groups is 3. The number of hydrogen-bond donors (Lipinski definition) is 3. The van der Waals surface area contributed by atoms with Crippen LogP contribution in [-0.4, -0.2) is 55.5 Å². The van der Waals surface area contributed by atoms with E-state index in [0.717, 1.165) is 22.3 Å². The minimum atomic E-state index is -1.02. The number of ether oxygens (including phenoxy) is 2. The Hall–Kier alpha value is -3.39. The highest BCUT2D eigenvalue weighted by atomic mass is 16.5. The summed E-state index contributed by atoms with van der Waals surface area (Å²) in [5.41, 5.74) is 3.53. The molecule has 0 unspecified atom stereocenters. The van der Waals surface area contributed by atoms with Crippen molar-refractivity contribution in [1.29, 1.82) is 0 Å². The standard InChI is InChI=1S/C25H28N2O6/c1-15(32-2)21(22(28)26-14-25(11-12-25)23(29)30)27-24(31)33-13-20-18-9-5-3-7-16(18)17-8-4-6-10-19(17)20/h3-10,15,20-21H,11-14H2,1-2H3,(H,26,28)(H,27,31)(H,29,30)/t15-,21+/m1/s1. The van der Waals surface area contributed by atoms with Crippen LogP contribution in [-0.2, 0) is 19.1 Å². The van der Waals surface area contributed by atoms with Gasteiger partial charge in [-0.3, -0.25) is 9.59 Å². The van der Waals surface area contributed by atoms with Crippen LogP contribution in [0.1, 0.15) is 36.8 Å². The van der Waals surface area contributed by atoms with Crippen LogP contribution < -0.4 is 10.6 Å². The Morgan fingerprint density at radius 2 is 1.64 bits per heavy atom. The maximum Gasteiger partial charge on any atom is 0.407 e. The Balaban J connectivity index is 1.39. The van der Waals surface area contributed by atoms with Crippen LogP contribution in [0.15, 0.2) is 48.5 Å². The summed E-state index contributed by atoms with van der Waals surface area (Å²) in [6.45, 7) is 1.79. The third kappa shape index (κ3) is 4.57. The lowest BCUT2D eigenvalue weighted by atomic mass is 9.98. The van der Waals surface area contributed by atoms with Crippen LogP contribution in [0.4, 0.5) is 4.79 Å². The quantitative estimate of drug-likeness (QED) is 0.539. The van der Waals surface area contributed by atoms with Crippen molar-refractivity contribution < 1.29 is 29.0 Å². The van der Waals surface area contributed by atoms with E-state index in [0.29, 0.717) is 12.8 Å². The average Bonchev–Trinajstić information content (AvgIpc) is 3.56. The Labute approximate surface area is 192 Å². The van der Waals surface area contributed by atoms with Gasteiger partial charge in [0.05, 0.1) is 11.5 Å². The molecule has 1 saturated carbocycles. The van der Waals surface area contributed by atoms with Gasteiger partial charge in [-0.15, -0.1) is 0 Å². The molecule has 1 fully saturated rings. The Morgan fingerprint density at radius 1 is 1.06 bits per heavy atom. The fourth-order valence-corrected chi connectivity index (χ4v) is 4.28.